The average molecular weight is 444 g/mol. The molecule has 0 spiro atoms. The molecule has 174 valence electrons. The van der Waals surface area contributed by atoms with Crippen LogP contribution in [-0.2, 0) is 7.05 Å². The number of anilines is 1. The monoisotopic (exact) mass is 443 g/mol. The summed E-state index contributed by atoms with van der Waals surface area (Å²) in [5.74, 6) is -0.216. The number of hydrogen-bond acceptors (Lipinski definition) is 6. The van der Waals surface area contributed by atoms with E-state index in [1.54, 1.807) is 36.2 Å². The summed E-state index contributed by atoms with van der Waals surface area (Å²) in [6, 6.07) is 6.51. The Kier molecular flexibility index (Phi) is 7.20. The van der Waals surface area contributed by atoms with E-state index >= 15 is 0 Å². The topological polar surface area (TPSA) is 99.9 Å². The van der Waals surface area contributed by atoms with Crippen LogP contribution < -0.4 is 10.1 Å². The fourth-order valence-electron chi connectivity index (χ4n) is 3.93. The predicted molar refractivity (Wildman–Crippen MR) is 122 cm³/mol. The highest BCUT2D eigenvalue weighted by atomic mass is 16.5. The van der Waals surface area contributed by atoms with Gasteiger partial charge < -0.3 is 25.0 Å². The van der Waals surface area contributed by atoms with Crippen molar-refractivity contribution >= 4 is 17.5 Å². The number of nitrogens with zero attached hydrogens (tertiary/aromatic N) is 4. The lowest BCUT2D eigenvalue weighted by molar-refractivity contribution is 0.0365. The van der Waals surface area contributed by atoms with E-state index in [-0.39, 0.29) is 36.5 Å². The number of hydrogen-bond donors (Lipinski definition) is 2. The van der Waals surface area contributed by atoms with E-state index in [2.05, 4.69) is 10.4 Å². The third kappa shape index (κ3) is 4.94. The number of rotatable bonds is 6. The number of para-hydroxylation sites is 1. The third-order valence-electron chi connectivity index (χ3n) is 5.72. The van der Waals surface area contributed by atoms with Crippen molar-refractivity contribution in [3.63, 3.8) is 0 Å². The van der Waals surface area contributed by atoms with E-state index in [0.717, 1.165) is 5.69 Å². The Morgan fingerprint density at radius 2 is 2.12 bits per heavy atom. The number of aryl methyl sites for hydroxylation is 2. The van der Waals surface area contributed by atoms with Gasteiger partial charge in [0.1, 0.15) is 11.8 Å². The molecule has 2 aromatic rings. The molecular formula is C23H33N5O4. The van der Waals surface area contributed by atoms with Crippen LogP contribution in [0.3, 0.4) is 0 Å². The van der Waals surface area contributed by atoms with E-state index in [9.17, 15) is 14.7 Å². The van der Waals surface area contributed by atoms with Crippen LogP contribution in [0, 0.1) is 12.8 Å². The van der Waals surface area contributed by atoms with Crippen molar-refractivity contribution in [2.75, 3.05) is 39.1 Å². The van der Waals surface area contributed by atoms with Gasteiger partial charge in [0.05, 0.1) is 29.6 Å². The number of ether oxygens (including phenoxy) is 1. The molecule has 0 fully saturated rings. The van der Waals surface area contributed by atoms with E-state index in [1.807, 2.05) is 39.8 Å². The van der Waals surface area contributed by atoms with Gasteiger partial charge in [0, 0.05) is 26.1 Å². The Labute approximate surface area is 188 Å². The number of carbonyl (C=O) groups is 2. The van der Waals surface area contributed by atoms with Crippen LogP contribution >= 0.6 is 0 Å². The van der Waals surface area contributed by atoms with Crippen LogP contribution in [-0.4, -0.2) is 82.4 Å². The number of carbonyl (C=O) groups excluding carboxylic acids is 2. The molecular weight excluding hydrogens is 410 g/mol. The smallest absolute Gasteiger partial charge is 0.274 e. The maximum absolute atomic E-state index is 13.4. The number of fused-ring (bicyclic) bond motifs is 1. The minimum Gasteiger partial charge on any atom is -0.486 e. The van der Waals surface area contributed by atoms with Crippen LogP contribution in [0.4, 0.5) is 5.69 Å². The highest BCUT2D eigenvalue weighted by Crippen LogP contribution is 2.35. The van der Waals surface area contributed by atoms with Crippen molar-refractivity contribution in [3.05, 3.63) is 41.2 Å². The van der Waals surface area contributed by atoms with Crippen molar-refractivity contribution in [3.8, 4) is 5.75 Å². The lowest BCUT2D eigenvalue weighted by Gasteiger charge is -2.38. The number of aliphatic hydroxyl groups is 1. The quantitative estimate of drug-likeness (QED) is 0.706. The number of aliphatic hydroxyl groups excluding tert-OH is 1. The van der Waals surface area contributed by atoms with Gasteiger partial charge in [0.25, 0.3) is 11.8 Å². The molecule has 2 amide bonds. The average Bonchev–Trinajstić information content (AvgIpc) is 3.08. The molecule has 2 heterocycles. The van der Waals surface area contributed by atoms with Gasteiger partial charge in [-0.3, -0.25) is 14.3 Å². The summed E-state index contributed by atoms with van der Waals surface area (Å²) in [5, 5.41) is 16.9. The Balaban J connectivity index is 2.05. The van der Waals surface area contributed by atoms with E-state index in [1.165, 1.54) is 4.68 Å². The summed E-state index contributed by atoms with van der Waals surface area (Å²) < 4.78 is 7.93. The van der Waals surface area contributed by atoms with Gasteiger partial charge in [-0.1, -0.05) is 13.0 Å². The number of benzene rings is 1. The molecule has 0 radical (unpaired) electrons. The van der Waals surface area contributed by atoms with Crippen LogP contribution in [0.5, 0.6) is 5.75 Å². The number of amides is 2. The highest BCUT2D eigenvalue weighted by molar-refractivity contribution is 6.06. The first-order valence-electron chi connectivity index (χ1n) is 10.8. The molecule has 0 saturated heterocycles. The normalized spacial score (nSPS) is 19.8. The fourth-order valence-corrected chi connectivity index (χ4v) is 3.93. The SMILES string of the molecule is Cc1cc(C(=O)Nc2cccc3c2O[C@H](CN(C)C)[C@H](C)CN([C@H](C)CO)C3=O)n(C)n1. The first-order valence-corrected chi connectivity index (χ1v) is 10.8. The van der Waals surface area contributed by atoms with Crippen molar-refractivity contribution in [2.45, 2.75) is 32.9 Å². The standard InChI is InChI=1S/C23H33N5O4/c1-14-11-28(16(3)13-29)23(31)17-8-7-9-18(21(17)32-20(14)12-26(4)5)24-22(30)19-10-15(2)25-27(19)6/h7-10,14,16,20,29H,11-13H2,1-6H3,(H,24,30)/t14-,16-,20-/m1/s1. The summed E-state index contributed by atoms with van der Waals surface area (Å²) in [7, 11) is 5.64. The molecule has 0 saturated carbocycles. The number of aromatic nitrogens is 2. The maximum Gasteiger partial charge on any atom is 0.274 e. The molecule has 1 aliphatic rings. The summed E-state index contributed by atoms with van der Waals surface area (Å²) >= 11 is 0. The van der Waals surface area contributed by atoms with Gasteiger partial charge >= 0.3 is 0 Å². The summed E-state index contributed by atoms with van der Waals surface area (Å²) in [6.07, 6.45) is -0.220. The Bertz CT molecular complexity index is 987. The predicted octanol–water partition coefficient (Wildman–Crippen LogP) is 1.76. The second-order valence-electron chi connectivity index (χ2n) is 8.82. The van der Waals surface area contributed by atoms with Crippen LogP contribution in [0.25, 0.3) is 0 Å². The molecule has 0 aliphatic carbocycles. The molecule has 1 aliphatic heterocycles. The molecule has 2 N–H and O–H groups in total. The second kappa shape index (κ2) is 9.70. The van der Waals surface area contributed by atoms with Gasteiger partial charge in [-0.25, -0.2) is 0 Å². The zero-order valence-electron chi connectivity index (χ0n) is 19.6. The molecule has 9 heteroatoms. The Hall–Kier alpha value is -2.91. The summed E-state index contributed by atoms with van der Waals surface area (Å²) in [6.45, 7) is 6.64. The van der Waals surface area contributed by atoms with Crippen molar-refractivity contribution < 1.29 is 19.4 Å². The fraction of sp³-hybridized carbons (Fsp3) is 0.522. The maximum atomic E-state index is 13.4. The van der Waals surface area contributed by atoms with Gasteiger partial charge in [-0.05, 0) is 46.1 Å². The minimum atomic E-state index is -0.341. The summed E-state index contributed by atoms with van der Waals surface area (Å²) in [5.41, 5.74) is 1.93. The molecule has 3 atom stereocenters. The lowest BCUT2D eigenvalue weighted by Crippen LogP contribution is -2.49. The van der Waals surface area contributed by atoms with Crippen molar-refractivity contribution in [1.29, 1.82) is 0 Å². The number of likely N-dealkylation sites (N-methyl/N-ethyl adjacent to an activating group) is 1. The van der Waals surface area contributed by atoms with Crippen LogP contribution in [0.2, 0.25) is 0 Å². The second-order valence-corrected chi connectivity index (χ2v) is 8.82. The van der Waals surface area contributed by atoms with E-state index < -0.39 is 0 Å². The molecule has 3 rings (SSSR count). The Morgan fingerprint density at radius 3 is 2.72 bits per heavy atom. The minimum absolute atomic E-state index is 0.00646. The van der Waals surface area contributed by atoms with Crippen LogP contribution in [0.15, 0.2) is 24.3 Å². The third-order valence-corrected chi connectivity index (χ3v) is 5.72. The van der Waals surface area contributed by atoms with Crippen molar-refractivity contribution in [2.24, 2.45) is 13.0 Å². The highest BCUT2D eigenvalue weighted by Gasteiger charge is 2.34. The van der Waals surface area contributed by atoms with E-state index in [0.29, 0.717) is 35.8 Å². The lowest BCUT2D eigenvalue weighted by atomic mass is 9.99. The van der Waals surface area contributed by atoms with Gasteiger partial charge in [0.2, 0.25) is 0 Å². The van der Waals surface area contributed by atoms with Crippen LogP contribution in [0.1, 0.15) is 40.4 Å². The molecule has 1 aromatic heterocycles. The van der Waals surface area contributed by atoms with Gasteiger partial charge in [0.15, 0.2) is 5.75 Å². The molecule has 0 unspecified atom stereocenters. The number of nitrogens with one attached hydrogen (secondary N) is 1. The van der Waals surface area contributed by atoms with E-state index in [4.69, 9.17) is 4.74 Å². The zero-order chi connectivity index (χ0) is 23.6. The molecule has 1 aromatic carbocycles. The first kappa shape index (κ1) is 23.7. The zero-order valence-corrected chi connectivity index (χ0v) is 19.6. The Morgan fingerprint density at radius 1 is 1.41 bits per heavy atom. The largest absolute Gasteiger partial charge is 0.486 e. The molecule has 32 heavy (non-hydrogen) atoms. The van der Waals surface area contributed by atoms with Gasteiger partial charge in [-0.15, -0.1) is 0 Å². The first-order chi connectivity index (χ1) is 15.1. The summed E-state index contributed by atoms with van der Waals surface area (Å²) in [4.78, 5) is 30.1. The van der Waals surface area contributed by atoms with Gasteiger partial charge in [-0.2, -0.15) is 5.10 Å². The molecule has 9 nitrogen and oxygen atoms in total. The van der Waals surface area contributed by atoms with Crippen molar-refractivity contribution in [1.82, 2.24) is 19.6 Å². The molecule has 0 bridgehead atoms.